The third-order valence-corrected chi connectivity index (χ3v) is 3.71. The van der Waals surface area contributed by atoms with Crippen molar-refractivity contribution in [2.75, 3.05) is 0 Å². The highest BCUT2D eigenvalue weighted by atomic mass is 79.9. The summed E-state index contributed by atoms with van der Waals surface area (Å²) in [4.78, 5) is 42.7. The second-order valence-corrected chi connectivity index (χ2v) is 5.71. The Kier molecular flexibility index (Phi) is 7.10. The number of carbonyl (C=O) groups is 2. The van der Waals surface area contributed by atoms with Crippen molar-refractivity contribution in [3.8, 4) is 0 Å². The molecule has 0 fully saturated rings. The summed E-state index contributed by atoms with van der Waals surface area (Å²) in [6.07, 6.45) is 3.24. The molecule has 10 heteroatoms. The molecule has 2 heterocycles. The smallest absolute Gasteiger partial charge is 0.305 e. The van der Waals surface area contributed by atoms with Crippen LogP contribution in [0.5, 0.6) is 0 Å². The van der Waals surface area contributed by atoms with Crippen molar-refractivity contribution in [2.24, 2.45) is 10.8 Å². The Hall–Kier alpha value is -3.40. The fourth-order valence-electron chi connectivity index (χ4n) is 2.40. The van der Waals surface area contributed by atoms with Crippen LogP contribution in [0.15, 0.2) is 64.8 Å². The lowest BCUT2D eigenvalue weighted by Crippen LogP contribution is -3.00. The third-order valence-electron chi connectivity index (χ3n) is 3.71. The molecule has 0 saturated heterocycles. The Labute approximate surface area is 170 Å². The van der Waals surface area contributed by atoms with E-state index in [2.05, 4.69) is 20.5 Å². The summed E-state index contributed by atoms with van der Waals surface area (Å²) in [5, 5.41) is 3.77. The van der Waals surface area contributed by atoms with Gasteiger partial charge in [0.1, 0.15) is 11.4 Å². The summed E-state index contributed by atoms with van der Waals surface area (Å²) < 4.78 is 1.64. The number of hydrogen-bond donors (Lipinski definition) is 3. The molecule has 0 aliphatic rings. The first kappa shape index (κ1) is 20.9. The molecule has 1 aromatic carbocycles. The zero-order chi connectivity index (χ0) is 19.2. The summed E-state index contributed by atoms with van der Waals surface area (Å²) in [5.41, 5.74) is 8.21. The number of amides is 2. The first-order valence-electron chi connectivity index (χ1n) is 8.10. The molecule has 0 saturated carbocycles. The lowest BCUT2D eigenvalue weighted by atomic mass is 10.2. The molecule has 0 unspecified atom stereocenters. The van der Waals surface area contributed by atoms with E-state index in [1.807, 2.05) is 6.07 Å². The minimum absolute atomic E-state index is 0. The molecule has 0 aliphatic heterocycles. The van der Waals surface area contributed by atoms with Gasteiger partial charge in [-0.3, -0.25) is 14.4 Å². The number of nitrogens with two attached hydrogens (primary N) is 1. The highest BCUT2D eigenvalue weighted by molar-refractivity contribution is 6.38. The van der Waals surface area contributed by atoms with E-state index < -0.39 is 17.4 Å². The number of pyridine rings is 1. The van der Waals surface area contributed by atoms with Crippen molar-refractivity contribution < 1.29 is 31.1 Å². The van der Waals surface area contributed by atoms with Crippen molar-refractivity contribution in [2.45, 2.75) is 13.0 Å². The molecular weight excluding hydrogens is 428 g/mol. The molecule has 0 radical (unpaired) electrons. The van der Waals surface area contributed by atoms with Crippen LogP contribution in [0.4, 0.5) is 0 Å². The normalized spacial score (nSPS) is 10.9. The molecule has 2 aromatic heterocycles. The number of hydrogen-bond acceptors (Lipinski definition) is 5. The van der Waals surface area contributed by atoms with Gasteiger partial charge in [0.05, 0.1) is 11.0 Å². The average molecular weight is 445 g/mol. The molecule has 4 N–H and O–H groups in total. The molecule has 0 bridgehead atoms. The highest BCUT2D eigenvalue weighted by Gasteiger charge is 2.15. The van der Waals surface area contributed by atoms with E-state index in [4.69, 9.17) is 5.73 Å². The van der Waals surface area contributed by atoms with Gasteiger partial charge in [0, 0.05) is 18.6 Å². The number of fused-ring (bicyclic) bond motifs is 1. The number of H-pyrrole nitrogens is 1. The number of aromatic amines is 1. The summed E-state index contributed by atoms with van der Waals surface area (Å²) in [7, 11) is 0. The van der Waals surface area contributed by atoms with Gasteiger partial charge in [-0.05, 0) is 12.1 Å². The van der Waals surface area contributed by atoms with E-state index in [0.717, 1.165) is 0 Å². The lowest BCUT2D eigenvalue weighted by molar-refractivity contribution is -0.684. The topological polar surface area (TPSA) is 134 Å². The molecule has 0 atom stereocenters. The van der Waals surface area contributed by atoms with E-state index in [1.165, 1.54) is 0 Å². The summed E-state index contributed by atoms with van der Waals surface area (Å²) in [6, 6.07) is 12.4. The number of para-hydroxylation sites is 2. The van der Waals surface area contributed by atoms with Gasteiger partial charge < -0.3 is 27.7 Å². The maximum Gasteiger partial charge on any atom is 0.305 e. The Balaban J connectivity index is 0.00000280. The molecule has 0 aliphatic carbocycles. The minimum atomic E-state index is -0.850. The Morgan fingerprint density at radius 2 is 1.86 bits per heavy atom. The van der Waals surface area contributed by atoms with Crippen LogP contribution in [0, 0.1) is 0 Å². The zero-order valence-electron chi connectivity index (χ0n) is 14.6. The van der Waals surface area contributed by atoms with Crippen molar-refractivity contribution >= 4 is 28.6 Å². The maximum atomic E-state index is 12.2. The van der Waals surface area contributed by atoms with Crippen molar-refractivity contribution in [1.82, 2.24) is 15.4 Å². The predicted octanol–water partition coefficient (Wildman–Crippen LogP) is -3.59. The van der Waals surface area contributed by atoms with Crippen LogP contribution < -0.4 is 38.3 Å². The standard InChI is InChI=1S/C18H16N6O3.BrH/c19-17(26)14(22-23-16(25)11-24-8-4-1-5-9-24)10-15-18(27)21-13-7-3-2-6-12(13)20-15;/h1-9H,10-11H2,(H3-,19,21,23,25,26,27);1H. The van der Waals surface area contributed by atoms with Crippen molar-refractivity contribution in [3.63, 3.8) is 0 Å². The van der Waals surface area contributed by atoms with Gasteiger partial charge in [-0.15, -0.1) is 0 Å². The van der Waals surface area contributed by atoms with Crippen molar-refractivity contribution in [1.29, 1.82) is 0 Å². The van der Waals surface area contributed by atoms with Gasteiger partial charge in [-0.1, -0.05) is 18.2 Å². The van der Waals surface area contributed by atoms with Crippen LogP contribution in [-0.4, -0.2) is 27.5 Å². The first-order valence-corrected chi connectivity index (χ1v) is 8.10. The van der Waals surface area contributed by atoms with E-state index in [0.29, 0.717) is 11.0 Å². The van der Waals surface area contributed by atoms with Gasteiger partial charge in [-0.25, -0.2) is 10.4 Å². The predicted molar refractivity (Wildman–Crippen MR) is 97.5 cm³/mol. The van der Waals surface area contributed by atoms with Crippen LogP contribution in [0.3, 0.4) is 0 Å². The molecule has 3 rings (SSSR count). The van der Waals surface area contributed by atoms with E-state index in [1.54, 1.807) is 53.4 Å². The van der Waals surface area contributed by atoms with Gasteiger partial charge in [-0.2, -0.15) is 9.67 Å². The number of primary amides is 1. The first-order chi connectivity index (χ1) is 13.0. The third kappa shape index (κ3) is 5.30. The molecule has 2 amide bonds. The molecule has 3 aromatic rings. The second-order valence-electron chi connectivity index (χ2n) is 5.71. The molecule has 0 spiro atoms. The quantitative estimate of drug-likeness (QED) is 0.206. The fraction of sp³-hybridized carbons (Fsp3) is 0.111. The molecule has 9 nitrogen and oxygen atoms in total. The monoisotopic (exact) mass is 444 g/mol. The Bertz CT molecular complexity index is 1080. The summed E-state index contributed by atoms with van der Waals surface area (Å²) in [5.74, 6) is -1.29. The Morgan fingerprint density at radius 1 is 1.14 bits per heavy atom. The van der Waals surface area contributed by atoms with Crippen LogP contribution in [0.25, 0.3) is 11.0 Å². The van der Waals surface area contributed by atoms with Gasteiger partial charge >= 0.3 is 5.91 Å². The lowest BCUT2D eigenvalue weighted by Gasteiger charge is -2.04. The molecule has 144 valence electrons. The number of halogens is 1. The summed E-state index contributed by atoms with van der Waals surface area (Å²) >= 11 is 0. The van der Waals surface area contributed by atoms with Crippen LogP contribution in [0.1, 0.15) is 5.69 Å². The molecule has 28 heavy (non-hydrogen) atoms. The number of rotatable bonds is 6. The number of benzene rings is 1. The number of carbonyl (C=O) groups excluding carboxylic acids is 2. The Morgan fingerprint density at radius 3 is 2.57 bits per heavy atom. The van der Waals surface area contributed by atoms with Gasteiger partial charge in [0.25, 0.3) is 11.5 Å². The maximum absolute atomic E-state index is 12.2. The summed E-state index contributed by atoms with van der Waals surface area (Å²) in [6.45, 7) is 0.0190. The average Bonchev–Trinajstić information content (AvgIpc) is 2.66. The van der Waals surface area contributed by atoms with Crippen LogP contribution in [0.2, 0.25) is 0 Å². The van der Waals surface area contributed by atoms with E-state index >= 15 is 0 Å². The number of hydrazone groups is 1. The van der Waals surface area contributed by atoms with Crippen LogP contribution in [-0.2, 0) is 22.6 Å². The number of aromatic nitrogens is 3. The van der Waals surface area contributed by atoms with Gasteiger partial charge in [0.15, 0.2) is 12.4 Å². The highest BCUT2D eigenvalue weighted by Crippen LogP contribution is 2.06. The second kappa shape index (κ2) is 9.51. The van der Waals surface area contributed by atoms with E-state index in [9.17, 15) is 14.4 Å². The number of nitrogens with one attached hydrogen (secondary N) is 2. The van der Waals surface area contributed by atoms with Gasteiger partial charge in [0.2, 0.25) is 6.54 Å². The molecular formula is C18H17BrN6O3. The zero-order valence-corrected chi connectivity index (χ0v) is 16.2. The fourth-order valence-corrected chi connectivity index (χ4v) is 2.40. The SMILES string of the molecule is NC(=O)/C(Cc1nc2ccccc2[nH]c1=O)=N/NC(=O)C[n+]1ccccc1.[Br-]. The van der Waals surface area contributed by atoms with E-state index in [-0.39, 0.29) is 41.4 Å². The number of nitrogens with zero attached hydrogens (tertiary/aromatic N) is 3. The van der Waals surface area contributed by atoms with Crippen molar-refractivity contribution in [3.05, 3.63) is 70.9 Å². The largest absolute Gasteiger partial charge is 1.00 e. The van der Waals surface area contributed by atoms with Crippen LogP contribution >= 0.6 is 0 Å². The minimum Gasteiger partial charge on any atom is -1.00 e.